The quantitative estimate of drug-likeness (QED) is 0.491. The summed E-state index contributed by atoms with van der Waals surface area (Å²) in [5.41, 5.74) is 2.31. The lowest BCUT2D eigenvalue weighted by Gasteiger charge is -2.10. The predicted octanol–water partition coefficient (Wildman–Crippen LogP) is 5.76. The molecule has 0 saturated heterocycles. The second-order valence-corrected chi connectivity index (χ2v) is 8.31. The van der Waals surface area contributed by atoms with Crippen LogP contribution in [-0.4, -0.2) is 24.3 Å². The minimum Gasteiger partial charge on any atom is -0.491 e. The monoisotopic (exact) mass is 425 g/mol. The zero-order valence-electron chi connectivity index (χ0n) is 15.6. The second-order valence-electron chi connectivity index (χ2n) is 6.51. The number of amides is 1. The van der Waals surface area contributed by atoms with E-state index in [1.54, 1.807) is 17.8 Å². The molecule has 2 rings (SSSR count). The number of aryl methyl sites for hydroxylation is 1. The van der Waals surface area contributed by atoms with E-state index >= 15 is 0 Å². The van der Waals surface area contributed by atoms with Crippen molar-refractivity contribution < 1.29 is 9.53 Å². The van der Waals surface area contributed by atoms with Crippen molar-refractivity contribution in [2.45, 2.75) is 38.5 Å². The molecule has 146 valence electrons. The minimum atomic E-state index is 0.0562. The number of halogens is 2. The van der Waals surface area contributed by atoms with Gasteiger partial charge in [-0.3, -0.25) is 4.79 Å². The number of ether oxygens (including phenoxy) is 1. The summed E-state index contributed by atoms with van der Waals surface area (Å²) in [7, 11) is 0. The fourth-order valence-corrected chi connectivity index (χ4v) is 3.59. The summed E-state index contributed by atoms with van der Waals surface area (Å²) in [6.45, 7) is 4.70. The molecule has 0 radical (unpaired) electrons. The molecule has 0 atom stereocenters. The molecule has 0 heterocycles. The number of rotatable bonds is 10. The van der Waals surface area contributed by atoms with Crippen molar-refractivity contribution in [3.05, 3.63) is 63.6 Å². The van der Waals surface area contributed by atoms with Gasteiger partial charge in [-0.15, -0.1) is 11.8 Å². The standard InChI is InChI=1S/C21H25Cl2NO2S/c1-15(2)26-18-8-5-16(6-9-18)4-3-11-24-21(25)14-27-13-17-7-10-19(22)20(23)12-17/h5-10,12,15H,3-4,11,13-14H2,1-2H3,(H,24,25). The molecule has 0 aliphatic carbocycles. The summed E-state index contributed by atoms with van der Waals surface area (Å²) in [6, 6.07) is 13.7. The third-order valence-electron chi connectivity index (χ3n) is 3.75. The molecule has 27 heavy (non-hydrogen) atoms. The van der Waals surface area contributed by atoms with E-state index in [0.29, 0.717) is 22.3 Å². The predicted molar refractivity (Wildman–Crippen MR) is 116 cm³/mol. The van der Waals surface area contributed by atoms with Crippen molar-refractivity contribution in [2.24, 2.45) is 0 Å². The van der Waals surface area contributed by atoms with Gasteiger partial charge in [0.05, 0.1) is 21.9 Å². The highest BCUT2D eigenvalue weighted by Gasteiger charge is 2.04. The molecule has 0 saturated carbocycles. The van der Waals surface area contributed by atoms with Crippen molar-refractivity contribution in [1.29, 1.82) is 0 Å². The number of nitrogens with one attached hydrogen (secondary N) is 1. The van der Waals surface area contributed by atoms with Gasteiger partial charge in [0.15, 0.2) is 0 Å². The van der Waals surface area contributed by atoms with Crippen LogP contribution in [0.25, 0.3) is 0 Å². The smallest absolute Gasteiger partial charge is 0.230 e. The second kappa shape index (κ2) is 11.5. The van der Waals surface area contributed by atoms with E-state index in [9.17, 15) is 4.79 Å². The topological polar surface area (TPSA) is 38.3 Å². The SMILES string of the molecule is CC(C)Oc1ccc(CCCNC(=O)CSCc2ccc(Cl)c(Cl)c2)cc1. The summed E-state index contributed by atoms with van der Waals surface area (Å²) in [4.78, 5) is 11.9. The van der Waals surface area contributed by atoms with Crippen LogP contribution in [0, 0.1) is 0 Å². The number of benzene rings is 2. The first kappa shape index (κ1) is 21.9. The van der Waals surface area contributed by atoms with Gasteiger partial charge < -0.3 is 10.1 Å². The minimum absolute atomic E-state index is 0.0562. The van der Waals surface area contributed by atoms with Crippen molar-refractivity contribution in [1.82, 2.24) is 5.32 Å². The maximum atomic E-state index is 11.9. The average Bonchev–Trinajstić information content (AvgIpc) is 2.62. The summed E-state index contributed by atoms with van der Waals surface area (Å²) in [5, 5.41) is 4.06. The molecule has 1 N–H and O–H groups in total. The normalized spacial score (nSPS) is 10.9. The Morgan fingerprint density at radius 1 is 1.07 bits per heavy atom. The summed E-state index contributed by atoms with van der Waals surface area (Å²) in [5.74, 6) is 2.11. The lowest BCUT2D eigenvalue weighted by atomic mass is 10.1. The van der Waals surface area contributed by atoms with E-state index in [-0.39, 0.29) is 12.0 Å². The van der Waals surface area contributed by atoms with Crippen LogP contribution in [0.1, 0.15) is 31.4 Å². The van der Waals surface area contributed by atoms with E-state index in [1.165, 1.54) is 5.56 Å². The van der Waals surface area contributed by atoms with Gasteiger partial charge >= 0.3 is 0 Å². The summed E-state index contributed by atoms with van der Waals surface area (Å²) >= 11 is 13.5. The average molecular weight is 426 g/mol. The number of thioether (sulfide) groups is 1. The lowest BCUT2D eigenvalue weighted by molar-refractivity contribution is -0.118. The Bertz CT molecular complexity index is 735. The molecular formula is C21H25Cl2NO2S. The van der Waals surface area contributed by atoms with Crippen molar-refractivity contribution in [3.63, 3.8) is 0 Å². The Balaban J connectivity index is 1.59. The molecule has 3 nitrogen and oxygen atoms in total. The third-order valence-corrected chi connectivity index (χ3v) is 5.49. The van der Waals surface area contributed by atoms with Gasteiger partial charge in [0.2, 0.25) is 5.91 Å². The van der Waals surface area contributed by atoms with E-state index in [1.807, 2.05) is 38.1 Å². The van der Waals surface area contributed by atoms with Gasteiger partial charge in [0, 0.05) is 12.3 Å². The Hall–Kier alpha value is -1.36. The fraction of sp³-hybridized carbons (Fsp3) is 0.381. The summed E-state index contributed by atoms with van der Waals surface area (Å²) in [6.07, 6.45) is 2.02. The molecule has 0 bridgehead atoms. The zero-order valence-corrected chi connectivity index (χ0v) is 18.0. The van der Waals surface area contributed by atoms with Crippen molar-refractivity contribution >= 4 is 40.9 Å². The Labute approximate surface area is 175 Å². The lowest BCUT2D eigenvalue weighted by Crippen LogP contribution is -2.26. The molecule has 1 amide bonds. The fourth-order valence-electron chi connectivity index (χ4n) is 2.47. The highest BCUT2D eigenvalue weighted by molar-refractivity contribution is 7.99. The van der Waals surface area contributed by atoms with E-state index < -0.39 is 0 Å². The molecule has 0 fully saturated rings. The third kappa shape index (κ3) is 8.46. The molecular weight excluding hydrogens is 401 g/mol. The Morgan fingerprint density at radius 3 is 2.44 bits per heavy atom. The number of carbonyl (C=O) groups excluding carboxylic acids is 1. The maximum absolute atomic E-state index is 11.9. The number of carbonyl (C=O) groups is 1. The molecule has 0 spiro atoms. The van der Waals surface area contributed by atoms with Crippen LogP contribution in [0.5, 0.6) is 5.75 Å². The zero-order chi connectivity index (χ0) is 19.6. The summed E-state index contributed by atoms with van der Waals surface area (Å²) < 4.78 is 5.63. The van der Waals surface area contributed by atoms with Crippen molar-refractivity contribution in [2.75, 3.05) is 12.3 Å². The molecule has 2 aromatic rings. The van der Waals surface area contributed by atoms with Crippen LogP contribution in [0.15, 0.2) is 42.5 Å². The van der Waals surface area contributed by atoms with E-state index in [4.69, 9.17) is 27.9 Å². The van der Waals surface area contributed by atoms with Crippen LogP contribution in [0.2, 0.25) is 10.0 Å². The van der Waals surface area contributed by atoms with Crippen LogP contribution >= 0.6 is 35.0 Å². The van der Waals surface area contributed by atoms with Crippen LogP contribution in [0.3, 0.4) is 0 Å². The Kier molecular flexibility index (Phi) is 9.32. The van der Waals surface area contributed by atoms with Gasteiger partial charge in [-0.2, -0.15) is 0 Å². The van der Waals surface area contributed by atoms with Crippen molar-refractivity contribution in [3.8, 4) is 5.75 Å². The first-order chi connectivity index (χ1) is 12.9. The van der Waals surface area contributed by atoms with Gasteiger partial charge in [0.25, 0.3) is 0 Å². The first-order valence-corrected chi connectivity index (χ1v) is 10.9. The number of hydrogen-bond donors (Lipinski definition) is 1. The number of hydrogen-bond acceptors (Lipinski definition) is 3. The van der Waals surface area contributed by atoms with Crippen LogP contribution in [-0.2, 0) is 17.0 Å². The molecule has 6 heteroatoms. The Morgan fingerprint density at radius 2 is 1.78 bits per heavy atom. The molecule has 0 aromatic heterocycles. The van der Waals surface area contributed by atoms with Gasteiger partial charge in [-0.1, -0.05) is 41.4 Å². The largest absolute Gasteiger partial charge is 0.491 e. The van der Waals surface area contributed by atoms with Gasteiger partial charge in [-0.25, -0.2) is 0 Å². The molecule has 0 unspecified atom stereocenters. The maximum Gasteiger partial charge on any atom is 0.230 e. The molecule has 0 aliphatic heterocycles. The van der Waals surface area contributed by atoms with Crippen LogP contribution in [0.4, 0.5) is 0 Å². The highest BCUT2D eigenvalue weighted by atomic mass is 35.5. The van der Waals surface area contributed by atoms with Crippen LogP contribution < -0.4 is 10.1 Å². The van der Waals surface area contributed by atoms with Gasteiger partial charge in [-0.05, 0) is 62.1 Å². The highest BCUT2D eigenvalue weighted by Crippen LogP contribution is 2.24. The van der Waals surface area contributed by atoms with E-state index in [2.05, 4.69) is 17.4 Å². The molecule has 2 aromatic carbocycles. The molecule has 0 aliphatic rings. The van der Waals surface area contributed by atoms with E-state index in [0.717, 1.165) is 29.9 Å². The van der Waals surface area contributed by atoms with Gasteiger partial charge in [0.1, 0.15) is 5.75 Å². The first-order valence-electron chi connectivity index (χ1n) is 8.98.